The SMILES string of the molecule is Cc1c(N)cccc1NC(=O)CCSc1n[nH]c(=O)n1C. The molecule has 0 spiro atoms. The van der Waals surface area contributed by atoms with Crippen LogP contribution in [-0.4, -0.2) is 26.4 Å². The zero-order chi connectivity index (χ0) is 15.4. The van der Waals surface area contributed by atoms with Gasteiger partial charge in [0, 0.05) is 30.6 Å². The molecule has 8 heteroatoms. The lowest BCUT2D eigenvalue weighted by Crippen LogP contribution is -2.14. The quantitative estimate of drug-likeness (QED) is 0.567. The number of nitrogens with two attached hydrogens (primary N) is 1. The Morgan fingerprint density at radius 1 is 1.52 bits per heavy atom. The van der Waals surface area contributed by atoms with Crippen molar-refractivity contribution >= 4 is 29.0 Å². The fourth-order valence-electron chi connectivity index (χ4n) is 1.70. The molecule has 2 aromatic rings. The summed E-state index contributed by atoms with van der Waals surface area (Å²) in [7, 11) is 1.63. The molecular formula is C13H17N5O2S. The predicted molar refractivity (Wildman–Crippen MR) is 83.4 cm³/mol. The first-order chi connectivity index (χ1) is 9.99. The lowest BCUT2D eigenvalue weighted by molar-refractivity contribution is -0.115. The van der Waals surface area contributed by atoms with Gasteiger partial charge in [0.1, 0.15) is 0 Å². The summed E-state index contributed by atoms with van der Waals surface area (Å²) < 4.78 is 1.41. The van der Waals surface area contributed by atoms with E-state index in [4.69, 9.17) is 5.73 Å². The van der Waals surface area contributed by atoms with Crippen LogP contribution in [0.4, 0.5) is 11.4 Å². The maximum absolute atomic E-state index is 11.9. The second-order valence-electron chi connectivity index (χ2n) is 4.54. The minimum atomic E-state index is -0.266. The fraction of sp³-hybridized carbons (Fsp3) is 0.308. The van der Waals surface area contributed by atoms with E-state index in [0.29, 0.717) is 23.0 Å². The lowest BCUT2D eigenvalue weighted by Gasteiger charge is -2.09. The molecule has 0 radical (unpaired) electrons. The van der Waals surface area contributed by atoms with Crippen LogP contribution in [-0.2, 0) is 11.8 Å². The van der Waals surface area contributed by atoms with Crippen LogP contribution in [0.2, 0.25) is 0 Å². The number of thioether (sulfide) groups is 1. The number of carbonyl (C=O) groups is 1. The van der Waals surface area contributed by atoms with E-state index < -0.39 is 0 Å². The molecule has 0 aliphatic heterocycles. The van der Waals surface area contributed by atoms with Crippen molar-refractivity contribution in [3.8, 4) is 0 Å². The average Bonchev–Trinajstić information content (AvgIpc) is 2.76. The molecule has 0 aliphatic rings. The summed E-state index contributed by atoms with van der Waals surface area (Å²) in [5.74, 6) is 0.433. The van der Waals surface area contributed by atoms with E-state index in [-0.39, 0.29) is 11.6 Å². The average molecular weight is 307 g/mol. The Morgan fingerprint density at radius 3 is 2.95 bits per heavy atom. The van der Waals surface area contributed by atoms with E-state index in [9.17, 15) is 9.59 Å². The number of amides is 1. The molecule has 0 unspecified atom stereocenters. The van der Waals surface area contributed by atoms with Gasteiger partial charge in [0.2, 0.25) is 5.91 Å². The number of rotatable bonds is 5. The van der Waals surface area contributed by atoms with Crippen LogP contribution in [0.3, 0.4) is 0 Å². The molecular weight excluding hydrogens is 290 g/mol. The number of nitrogens with one attached hydrogen (secondary N) is 2. The van der Waals surface area contributed by atoms with E-state index in [2.05, 4.69) is 15.5 Å². The Kier molecular flexibility index (Phi) is 4.69. The third kappa shape index (κ3) is 3.66. The van der Waals surface area contributed by atoms with Crippen LogP contribution in [0.25, 0.3) is 0 Å². The molecule has 0 fully saturated rings. The van der Waals surface area contributed by atoms with Crippen molar-refractivity contribution in [2.45, 2.75) is 18.5 Å². The number of carbonyl (C=O) groups excluding carboxylic acids is 1. The maximum atomic E-state index is 11.9. The van der Waals surface area contributed by atoms with Crippen molar-refractivity contribution in [2.24, 2.45) is 7.05 Å². The van der Waals surface area contributed by atoms with Crippen molar-refractivity contribution in [3.63, 3.8) is 0 Å². The third-order valence-electron chi connectivity index (χ3n) is 3.05. The van der Waals surface area contributed by atoms with Gasteiger partial charge in [-0.2, -0.15) is 0 Å². The summed E-state index contributed by atoms with van der Waals surface area (Å²) in [4.78, 5) is 23.1. The van der Waals surface area contributed by atoms with Crippen LogP contribution in [0.15, 0.2) is 28.2 Å². The van der Waals surface area contributed by atoms with Crippen LogP contribution in [0.1, 0.15) is 12.0 Å². The van der Waals surface area contributed by atoms with Gasteiger partial charge in [-0.05, 0) is 24.6 Å². The van der Waals surface area contributed by atoms with E-state index in [0.717, 1.165) is 11.3 Å². The van der Waals surface area contributed by atoms with Crippen molar-refractivity contribution in [1.29, 1.82) is 0 Å². The monoisotopic (exact) mass is 307 g/mol. The molecule has 0 atom stereocenters. The van der Waals surface area contributed by atoms with Crippen LogP contribution >= 0.6 is 11.8 Å². The number of nitrogen functional groups attached to an aromatic ring is 1. The van der Waals surface area contributed by atoms with Gasteiger partial charge in [-0.3, -0.25) is 9.36 Å². The number of H-pyrrole nitrogens is 1. The zero-order valence-electron chi connectivity index (χ0n) is 11.8. The highest BCUT2D eigenvalue weighted by atomic mass is 32.2. The van der Waals surface area contributed by atoms with E-state index in [1.165, 1.54) is 16.3 Å². The maximum Gasteiger partial charge on any atom is 0.343 e. The molecule has 4 N–H and O–H groups in total. The lowest BCUT2D eigenvalue weighted by atomic mass is 10.1. The summed E-state index contributed by atoms with van der Waals surface area (Å²) in [6, 6.07) is 5.40. The molecule has 0 bridgehead atoms. The molecule has 112 valence electrons. The van der Waals surface area contributed by atoms with Crippen molar-refractivity contribution in [1.82, 2.24) is 14.8 Å². The highest BCUT2D eigenvalue weighted by Crippen LogP contribution is 2.21. The smallest absolute Gasteiger partial charge is 0.343 e. The van der Waals surface area contributed by atoms with Crippen molar-refractivity contribution in [2.75, 3.05) is 16.8 Å². The Morgan fingerprint density at radius 2 is 2.29 bits per heavy atom. The fourth-order valence-corrected chi connectivity index (χ4v) is 2.56. The van der Waals surface area contributed by atoms with Gasteiger partial charge in [0.25, 0.3) is 0 Å². The molecule has 1 aromatic heterocycles. The number of hydrogen-bond donors (Lipinski definition) is 3. The number of anilines is 2. The van der Waals surface area contributed by atoms with Crippen molar-refractivity contribution < 1.29 is 4.79 Å². The summed E-state index contributed by atoms with van der Waals surface area (Å²) in [6.45, 7) is 1.86. The number of aromatic amines is 1. The topological polar surface area (TPSA) is 106 Å². The zero-order valence-corrected chi connectivity index (χ0v) is 12.7. The Bertz CT molecular complexity index is 707. The molecule has 0 aliphatic carbocycles. The second-order valence-corrected chi connectivity index (χ2v) is 5.60. The number of aromatic nitrogens is 3. The molecule has 1 amide bonds. The first-order valence-electron chi connectivity index (χ1n) is 6.38. The summed E-state index contributed by atoms with van der Waals surface area (Å²) >= 11 is 1.35. The largest absolute Gasteiger partial charge is 0.398 e. The standard InChI is InChI=1S/C13H17N5O2S/c1-8-9(14)4-3-5-10(8)15-11(19)6-7-21-13-17-16-12(20)18(13)2/h3-5H,6-7,14H2,1-2H3,(H,15,19)(H,16,20). The summed E-state index contributed by atoms with van der Waals surface area (Å²) in [6.07, 6.45) is 0.319. The molecule has 21 heavy (non-hydrogen) atoms. The first-order valence-corrected chi connectivity index (χ1v) is 7.36. The van der Waals surface area contributed by atoms with Crippen LogP contribution in [0, 0.1) is 6.92 Å². The Balaban J connectivity index is 1.87. The predicted octanol–water partition coefficient (Wildman–Crippen LogP) is 1.12. The number of nitrogens with zero attached hydrogens (tertiary/aromatic N) is 2. The van der Waals surface area contributed by atoms with Gasteiger partial charge >= 0.3 is 5.69 Å². The van der Waals surface area contributed by atoms with Gasteiger partial charge in [-0.1, -0.05) is 17.8 Å². The Labute approximate surface area is 125 Å². The van der Waals surface area contributed by atoms with Crippen LogP contribution in [0.5, 0.6) is 0 Å². The van der Waals surface area contributed by atoms with Gasteiger partial charge < -0.3 is 11.1 Å². The van der Waals surface area contributed by atoms with Gasteiger partial charge in [0.05, 0.1) is 0 Å². The normalized spacial score (nSPS) is 10.6. The number of hydrogen-bond acceptors (Lipinski definition) is 5. The third-order valence-corrected chi connectivity index (χ3v) is 4.08. The summed E-state index contributed by atoms with van der Waals surface area (Å²) in [5.41, 5.74) is 7.75. The Hall–Kier alpha value is -2.22. The summed E-state index contributed by atoms with van der Waals surface area (Å²) in [5, 5.41) is 9.60. The first kappa shape index (κ1) is 15.2. The van der Waals surface area contributed by atoms with Gasteiger partial charge in [-0.25, -0.2) is 9.89 Å². The van der Waals surface area contributed by atoms with Gasteiger partial charge in [-0.15, -0.1) is 5.10 Å². The number of benzene rings is 1. The highest BCUT2D eigenvalue weighted by molar-refractivity contribution is 7.99. The minimum Gasteiger partial charge on any atom is -0.398 e. The minimum absolute atomic E-state index is 0.100. The van der Waals surface area contributed by atoms with Crippen LogP contribution < -0.4 is 16.7 Å². The van der Waals surface area contributed by atoms with E-state index in [1.807, 2.05) is 13.0 Å². The molecule has 2 rings (SSSR count). The van der Waals surface area contributed by atoms with Crippen molar-refractivity contribution in [3.05, 3.63) is 34.2 Å². The second kappa shape index (κ2) is 6.49. The van der Waals surface area contributed by atoms with Gasteiger partial charge in [0.15, 0.2) is 5.16 Å². The molecule has 7 nitrogen and oxygen atoms in total. The molecule has 0 saturated carbocycles. The highest BCUT2D eigenvalue weighted by Gasteiger charge is 2.09. The molecule has 0 saturated heterocycles. The molecule has 1 aromatic carbocycles. The van der Waals surface area contributed by atoms with E-state index >= 15 is 0 Å². The van der Waals surface area contributed by atoms with E-state index in [1.54, 1.807) is 19.2 Å². The molecule has 1 heterocycles.